The van der Waals surface area contributed by atoms with Crippen LogP contribution in [0.3, 0.4) is 0 Å². The van der Waals surface area contributed by atoms with E-state index in [1.54, 1.807) is 6.33 Å². The molecule has 3 rings (SSSR count). The molecule has 5 nitrogen and oxygen atoms in total. The first-order valence-corrected chi connectivity index (χ1v) is 9.55. The minimum Gasteiger partial charge on any atom is -0.325 e. The molecule has 134 valence electrons. The maximum absolute atomic E-state index is 12.5. The molecule has 0 radical (unpaired) electrons. The van der Waals surface area contributed by atoms with Crippen LogP contribution in [0.2, 0.25) is 5.02 Å². The lowest BCUT2D eigenvalue weighted by Gasteiger charge is -2.13. The summed E-state index contributed by atoms with van der Waals surface area (Å²) in [7, 11) is 0. The van der Waals surface area contributed by atoms with Crippen LogP contribution in [0.5, 0.6) is 0 Å². The van der Waals surface area contributed by atoms with Gasteiger partial charge >= 0.3 is 0 Å². The molecule has 1 heterocycles. The number of thioether (sulfide) groups is 1. The van der Waals surface area contributed by atoms with Gasteiger partial charge in [0.2, 0.25) is 5.91 Å². The number of amides is 1. The van der Waals surface area contributed by atoms with Gasteiger partial charge in [0.25, 0.3) is 0 Å². The van der Waals surface area contributed by atoms with E-state index < -0.39 is 0 Å². The van der Waals surface area contributed by atoms with E-state index in [-0.39, 0.29) is 11.2 Å². The van der Waals surface area contributed by atoms with Gasteiger partial charge < -0.3 is 5.32 Å². The molecule has 1 atom stereocenters. The average Bonchev–Trinajstić information content (AvgIpc) is 3.10. The van der Waals surface area contributed by atoms with Crippen LogP contribution in [-0.4, -0.2) is 25.9 Å². The summed E-state index contributed by atoms with van der Waals surface area (Å²) in [5, 5.41) is 12.0. The summed E-state index contributed by atoms with van der Waals surface area (Å²) in [6.45, 7) is 3.94. The fourth-order valence-corrected chi connectivity index (χ4v) is 3.41. The Morgan fingerprint density at radius 1 is 1.27 bits per heavy atom. The van der Waals surface area contributed by atoms with Crippen molar-refractivity contribution in [3.8, 4) is 5.69 Å². The summed E-state index contributed by atoms with van der Waals surface area (Å²) in [6.07, 6.45) is 2.59. The number of hydrogen-bond acceptors (Lipinski definition) is 4. The maximum atomic E-state index is 12.5. The van der Waals surface area contributed by atoms with Crippen LogP contribution in [0.4, 0.5) is 5.69 Å². The van der Waals surface area contributed by atoms with Crippen LogP contribution >= 0.6 is 23.4 Å². The molecule has 26 heavy (non-hydrogen) atoms. The molecule has 0 saturated heterocycles. The molecule has 0 aliphatic carbocycles. The summed E-state index contributed by atoms with van der Waals surface area (Å²) < 4.78 is 1.82. The van der Waals surface area contributed by atoms with Gasteiger partial charge in [-0.15, -0.1) is 10.2 Å². The number of benzene rings is 2. The molecule has 1 amide bonds. The predicted octanol–water partition coefficient (Wildman–Crippen LogP) is 4.60. The smallest absolute Gasteiger partial charge is 0.237 e. The van der Waals surface area contributed by atoms with Crippen molar-refractivity contribution in [1.29, 1.82) is 0 Å². The molecule has 2 aromatic carbocycles. The molecular formula is C19H19ClN4OS. The molecule has 1 unspecified atom stereocenters. The van der Waals surface area contributed by atoms with Crippen molar-refractivity contribution in [2.45, 2.75) is 30.7 Å². The van der Waals surface area contributed by atoms with Gasteiger partial charge in [0.05, 0.1) is 10.9 Å². The lowest BCUT2D eigenvalue weighted by Crippen LogP contribution is -2.22. The normalized spacial score (nSPS) is 12.0. The monoisotopic (exact) mass is 386 g/mol. The fourth-order valence-electron chi connectivity index (χ4n) is 2.39. The summed E-state index contributed by atoms with van der Waals surface area (Å²) >= 11 is 7.40. The van der Waals surface area contributed by atoms with Gasteiger partial charge in [-0.1, -0.05) is 48.5 Å². The van der Waals surface area contributed by atoms with E-state index in [0.29, 0.717) is 10.2 Å². The van der Waals surface area contributed by atoms with Crippen molar-refractivity contribution in [2.75, 3.05) is 5.32 Å². The molecule has 3 aromatic rings. The molecule has 0 aliphatic rings. The van der Waals surface area contributed by atoms with Crippen LogP contribution in [0, 0.1) is 0 Å². The van der Waals surface area contributed by atoms with E-state index in [0.717, 1.165) is 17.8 Å². The Balaban J connectivity index is 1.69. The van der Waals surface area contributed by atoms with E-state index in [2.05, 4.69) is 22.4 Å². The zero-order chi connectivity index (χ0) is 18.5. The Bertz CT molecular complexity index is 895. The lowest BCUT2D eigenvalue weighted by atomic mass is 10.1. The average molecular weight is 387 g/mol. The second kappa shape index (κ2) is 8.38. The molecule has 0 bridgehead atoms. The zero-order valence-electron chi connectivity index (χ0n) is 14.5. The zero-order valence-corrected chi connectivity index (χ0v) is 16.1. The molecule has 7 heteroatoms. The summed E-state index contributed by atoms with van der Waals surface area (Å²) in [5.74, 6) is -0.0834. The number of nitrogens with one attached hydrogen (secondary N) is 1. The van der Waals surface area contributed by atoms with E-state index in [4.69, 9.17) is 11.6 Å². The standard InChI is InChI=1S/C19H19ClN4OS/c1-3-14-7-9-16(10-8-14)22-18(25)13(2)26-19-23-21-12-24(19)17-6-4-5-15(20)11-17/h4-13H,3H2,1-2H3,(H,22,25). The fraction of sp³-hybridized carbons (Fsp3) is 0.211. The molecule has 0 saturated carbocycles. The Hall–Kier alpha value is -2.31. The lowest BCUT2D eigenvalue weighted by molar-refractivity contribution is -0.115. The number of aromatic nitrogens is 3. The highest BCUT2D eigenvalue weighted by Crippen LogP contribution is 2.25. The number of carbonyl (C=O) groups is 1. The second-order valence-corrected chi connectivity index (χ2v) is 7.51. The summed E-state index contributed by atoms with van der Waals surface area (Å²) in [6, 6.07) is 15.3. The van der Waals surface area contributed by atoms with Gasteiger partial charge in [0.1, 0.15) is 6.33 Å². The van der Waals surface area contributed by atoms with Crippen LogP contribution in [-0.2, 0) is 11.2 Å². The molecule has 0 fully saturated rings. The van der Waals surface area contributed by atoms with Gasteiger partial charge in [-0.2, -0.15) is 0 Å². The maximum Gasteiger partial charge on any atom is 0.237 e. The third-order valence-electron chi connectivity index (χ3n) is 3.88. The Morgan fingerprint density at radius 2 is 2.04 bits per heavy atom. The van der Waals surface area contributed by atoms with Crippen molar-refractivity contribution in [3.05, 3.63) is 65.4 Å². The van der Waals surface area contributed by atoms with Crippen LogP contribution < -0.4 is 5.32 Å². The number of hydrogen-bond donors (Lipinski definition) is 1. The van der Waals surface area contributed by atoms with Crippen LogP contribution in [0.15, 0.2) is 60.0 Å². The molecule has 0 aliphatic heterocycles. The number of carbonyl (C=O) groups excluding carboxylic acids is 1. The summed E-state index contributed by atoms with van der Waals surface area (Å²) in [5.41, 5.74) is 2.88. The highest BCUT2D eigenvalue weighted by molar-refractivity contribution is 8.00. The molecule has 1 N–H and O–H groups in total. The number of anilines is 1. The van der Waals surface area contributed by atoms with Crippen molar-refractivity contribution in [2.24, 2.45) is 0 Å². The Labute approximate surface area is 161 Å². The molecule has 1 aromatic heterocycles. The van der Waals surface area contributed by atoms with Crippen molar-refractivity contribution < 1.29 is 4.79 Å². The summed E-state index contributed by atoms with van der Waals surface area (Å²) in [4.78, 5) is 12.5. The largest absolute Gasteiger partial charge is 0.325 e. The number of nitrogens with zero attached hydrogens (tertiary/aromatic N) is 3. The first-order chi connectivity index (χ1) is 12.6. The third-order valence-corrected chi connectivity index (χ3v) is 5.18. The van der Waals surface area contributed by atoms with Gasteiger partial charge in [-0.25, -0.2) is 0 Å². The molecule has 0 spiro atoms. The first-order valence-electron chi connectivity index (χ1n) is 8.29. The van der Waals surface area contributed by atoms with Crippen molar-refractivity contribution in [3.63, 3.8) is 0 Å². The quantitative estimate of drug-likeness (QED) is 0.629. The Morgan fingerprint density at radius 3 is 2.73 bits per heavy atom. The molecular weight excluding hydrogens is 368 g/mol. The van der Waals surface area contributed by atoms with Gasteiger partial charge in [0.15, 0.2) is 5.16 Å². The van der Waals surface area contributed by atoms with E-state index in [1.807, 2.05) is 60.0 Å². The second-order valence-electron chi connectivity index (χ2n) is 5.76. The topological polar surface area (TPSA) is 59.8 Å². The highest BCUT2D eigenvalue weighted by Gasteiger charge is 2.18. The SMILES string of the molecule is CCc1ccc(NC(=O)C(C)Sc2nncn2-c2cccc(Cl)c2)cc1. The minimum atomic E-state index is -0.331. The van der Waals surface area contributed by atoms with E-state index >= 15 is 0 Å². The first kappa shape index (κ1) is 18.5. The highest BCUT2D eigenvalue weighted by atomic mass is 35.5. The van der Waals surface area contributed by atoms with E-state index in [1.165, 1.54) is 17.3 Å². The number of rotatable bonds is 6. The Kier molecular flexibility index (Phi) is 5.96. The van der Waals surface area contributed by atoms with Gasteiger partial charge in [-0.05, 0) is 49.2 Å². The third kappa shape index (κ3) is 4.45. The van der Waals surface area contributed by atoms with E-state index in [9.17, 15) is 4.79 Å². The van der Waals surface area contributed by atoms with Crippen molar-refractivity contribution >= 4 is 35.0 Å². The van der Waals surface area contributed by atoms with Gasteiger partial charge in [0, 0.05) is 10.7 Å². The predicted molar refractivity (Wildman–Crippen MR) is 106 cm³/mol. The van der Waals surface area contributed by atoms with Gasteiger partial charge in [-0.3, -0.25) is 9.36 Å². The van der Waals surface area contributed by atoms with Crippen LogP contribution in [0.25, 0.3) is 5.69 Å². The number of aryl methyl sites for hydroxylation is 1. The minimum absolute atomic E-state index is 0.0834. The number of halogens is 1. The van der Waals surface area contributed by atoms with Crippen LogP contribution in [0.1, 0.15) is 19.4 Å². The van der Waals surface area contributed by atoms with Crippen molar-refractivity contribution in [1.82, 2.24) is 14.8 Å².